The van der Waals surface area contributed by atoms with Crippen LogP contribution in [0.2, 0.25) is 0 Å². The Kier molecular flexibility index (Phi) is 13.4. The number of hydrogen-bond acceptors (Lipinski definition) is 10. The van der Waals surface area contributed by atoms with Gasteiger partial charge in [-0.25, -0.2) is 4.79 Å². The molecule has 2 rings (SSSR count). The Bertz CT molecular complexity index is 971. The van der Waals surface area contributed by atoms with Gasteiger partial charge in [-0.15, -0.1) is 0 Å². The molecule has 0 aromatic rings. The summed E-state index contributed by atoms with van der Waals surface area (Å²) in [6, 6.07) is 0. The first-order valence-electron chi connectivity index (χ1n) is 13.3. The zero-order chi connectivity index (χ0) is 29.9. The van der Waals surface area contributed by atoms with Crippen LogP contribution in [0, 0.1) is 11.8 Å². The lowest BCUT2D eigenvalue weighted by atomic mass is 9.83. The van der Waals surface area contributed by atoms with Crippen LogP contribution >= 0.6 is 0 Å². The van der Waals surface area contributed by atoms with Gasteiger partial charge in [0.25, 0.3) is 0 Å². The first-order chi connectivity index (χ1) is 18.8. The van der Waals surface area contributed by atoms with Crippen LogP contribution in [-0.4, -0.2) is 98.2 Å². The topological polar surface area (TPSA) is 183 Å². The van der Waals surface area contributed by atoms with E-state index in [-0.39, 0.29) is 18.8 Å². The number of carbonyl (C=O) groups is 2. The normalized spacial score (nSPS) is 42.9. The summed E-state index contributed by atoms with van der Waals surface area (Å²) < 4.78 is 16.3. The lowest BCUT2D eigenvalue weighted by molar-refractivity contribution is -0.300. The monoisotopic (exact) mass is 566 g/mol. The molecular formula is C29H42O11. The summed E-state index contributed by atoms with van der Waals surface area (Å²) in [4.78, 5) is 24.1. The van der Waals surface area contributed by atoms with Crippen molar-refractivity contribution in [3.05, 3.63) is 60.8 Å². The fourth-order valence-corrected chi connectivity index (χ4v) is 4.65. The number of carbonyl (C=O) groups excluding carboxylic acids is 1. The van der Waals surface area contributed by atoms with Gasteiger partial charge in [-0.05, 0) is 13.0 Å². The minimum Gasteiger partial charge on any atom is -0.481 e. The SMILES string of the molecule is CO[C@@H]1/C=C/C(=O)OC(C)C(C)/C=C/C=C/C=C/C=C\C(O)C[C@H]2O[C@@](O)(CC(O)C[C@H]1O)C[C@@H](O)[C@@H]2C(=O)O. The van der Waals surface area contributed by atoms with E-state index in [2.05, 4.69) is 0 Å². The summed E-state index contributed by atoms with van der Waals surface area (Å²) in [7, 11) is 1.31. The molecule has 2 heterocycles. The second-order valence-corrected chi connectivity index (χ2v) is 10.3. The fourth-order valence-electron chi connectivity index (χ4n) is 4.65. The number of fused-ring (bicyclic) bond motifs is 2. The molecule has 4 unspecified atom stereocenters. The number of cyclic esters (lactones) is 1. The quantitative estimate of drug-likeness (QED) is 0.264. The molecule has 11 nitrogen and oxygen atoms in total. The van der Waals surface area contributed by atoms with E-state index in [1.54, 1.807) is 43.4 Å². The first kappa shape index (κ1) is 33.6. The smallest absolute Gasteiger partial charge is 0.330 e. The number of rotatable bonds is 2. The third-order valence-corrected chi connectivity index (χ3v) is 6.96. The number of ether oxygens (including phenoxy) is 3. The number of carboxylic acids is 1. The predicted octanol–water partition coefficient (Wildman–Crippen LogP) is 1.16. The summed E-state index contributed by atoms with van der Waals surface area (Å²) >= 11 is 0. The van der Waals surface area contributed by atoms with Crippen LogP contribution in [0.25, 0.3) is 0 Å². The molecule has 0 spiro atoms. The average molecular weight is 567 g/mol. The Morgan fingerprint density at radius 2 is 1.55 bits per heavy atom. The highest BCUT2D eigenvalue weighted by Crippen LogP contribution is 2.37. The molecule has 10 atom stereocenters. The van der Waals surface area contributed by atoms with Crippen LogP contribution < -0.4 is 0 Å². The van der Waals surface area contributed by atoms with Gasteiger partial charge in [-0.3, -0.25) is 4.79 Å². The zero-order valence-corrected chi connectivity index (χ0v) is 23.0. The molecule has 11 heteroatoms. The molecule has 0 radical (unpaired) electrons. The van der Waals surface area contributed by atoms with E-state index in [1.807, 2.05) is 13.0 Å². The van der Waals surface area contributed by atoms with Crippen molar-refractivity contribution in [2.75, 3.05) is 7.11 Å². The highest BCUT2D eigenvalue weighted by molar-refractivity contribution is 5.82. The van der Waals surface area contributed by atoms with Gasteiger partial charge < -0.3 is 44.8 Å². The summed E-state index contributed by atoms with van der Waals surface area (Å²) in [5.74, 6) is -5.62. The second-order valence-electron chi connectivity index (χ2n) is 10.3. The van der Waals surface area contributed by atoms with Gasteiger partial charge in [-0.1, -0.05) is 55.5 Å². The van der Waals surface area contributed by atoms with E-state index < -0.39 is 79.2 Å². The van der Waals surface area contributed by atoms with Crippen molar-refractivity contribution in [2.24, 2.45) is 11.8 Å². The molecule has 2 aliphatic rings. The predicted molar refractivity (Wildman–Crippen MR) is 145 cm³/mol. The molecule has 1 saturated heterocycles. The molecular weight excluding hydrogens is 524 g/mol. The minimum absolute atomic E-state index is 0.0915. The third-order valence-electron chi connectivity index (χ3n) is 6.96. The van der Waals surface area contributed by atoms with Gasteiger partial charge in [0, 0.05) is 44.8 Å². The molecule has 0 aromatic carbocycles. The number of esters is 1. The van der Waals surface area contributed by atoms with E-state index in [9.17, 15) is 40.2 Å². The van der Waals surface area contributed by atoms with Crippen LogP contribution in [0.3, 0.4) is 0 Å². The summed E-state index contributed by atoms with van der Waals surface area (Å²) in [5, 5.41) is 62.9. The molecule has 0 aromatic heterocycles. The molecule has 2 aliphatic heterocycles. The van der Waals surface area contributed by atoms with Crippen molar-refractivity contribution in [2.45, 2.75) is 88.0 Å². The maximum atomic E-state index is 12.3. The average Bonchev–Trinajstić information content (AvgIpc) is 2.84. The van der Waals surface area contributed by atoms with Crippen molar-refractivity contribution in [3.63, 3.8) is 0 Å². The van der Waals surface area contributed by atoms with Gasteiger partial charge in [-0.2, -0.15) is 0 Å². The Morgan fingerprint density at radius 3 is 2.17 bits per heavy atom. The highest BCUT2D eigenvalue weighted by atomic mass is 16.6. The maximum Gasteiger partial charge on any atom is 0.330 e. The van der Waals surface area contributed by atoms with Gasteiger partial charge in [0.2, 0.25) is 0 Å². The molecule has 0 aliphatic carbocycles. The molecule has 1 fully saturated rings. The van der Waals surface area contributed by atoms with Gasteiger partial charge in [0.1, 0.15) is 18.1 Å². The summed E-state index contributed by atoms with van der Waals surface area (Å²) in [5.41, 5.74) is 0. The Morgan fingerprint density at radius 1 is 0.925 bits per heavy atom. The summed E-state index contributed by atoms with van der Waals surface area (Å²) in [6.45, 7) is 3.64. The standard InChI is InChI=1S/C29H42O11/c1-18-10-8-6-4-5-7-9-11-20(30)15-25-27(28(35)36)23(33)17-29(37,40-25)16-21(31)14-22(32)24(38-3)12-13-26(34)39-19(18)2/h4-13,18-25,27,30-33,37H,14-17H2,1-3H3,(H,35,36)/b6-4+,7-5+,10-8+,11-9-,13-12+/t18?,19?,20?,21?,22-,23-,24-,25-,27+,29+/m1/s1. The van der Waals surface area contributed by atoms with Crippen molar-refractivity contribution in [3.8, 4) is 0 Å². The number of aliphatic carboxylic acids is 1. The van der Waals surface area contributed by atoms with Gasteiger partial charge in [0.05, 0.1) is 30.5 Å². The summed E-state index contributed by atoms with van der Waals surface area (Å²) in [6.07, 6.45) is 6.48. The molecule has 0 amide bonds. The number of carboxylic acid groups (broad SMARTS) is 1. The highest BCUT2D eigenvalue weighted by Gasteiger charge is 2.50. The van der Waals surface area contributed by atoms with Gasteiger partial charge >= 0.3 is 11.9 Å². The second kappa shape index (κ2) is 16.0. The van der Waals surface area contributed by atoms with E-state index >= 15 is 0 Å². The van der Waals surface area contributed by atoms with E-state index in [1.165, 1.54) is 19.3 Å². The number of allylic oxidation sites excluding steroid dienone is 6. The number of aliphatic hydroxyl groups is 5. The van der Waals surface area contributed by atoms with Crippen molar-refractivity contribution in [1.82, 2.24) is 0 Å². The minimum atomic E-state index is -2.13. The van der Waals surface area contributed by atoms with Crippen molar-refractivity contribution < 1.29 is 54.4 Å². The van der Waals surface area contributed by atoms with Gasteiger partial charge in [0.15, 0.2) is 5.79 Å². The van der Waals surface area contributed by atoms with Crippen LogP contribution in [0.15, 0.2) is 60.8 Å². The molecule has 2 bridgehead atoms. The number of aliphatic hydroxyl groups excluding tert-OH is 4. The van der Waals surface area contributed by atoms with E-state index in [0.29, 0.717) is 0 Å². The molecule has 40 heavy (non-hydrogen) atoms. The Hall–Kier alpha value is -2.64. The van der Waals surface area contributed by atoms with Crippen molar-refractivity contribution in [1.29, 1.82) is 0 Å². The van der Waals surface area contributed by atoms with Crippen LogP contribution in [0.1, 0.15) is 39.5 Å². The fraction of sp³-hybridized carbons (Fsp3) is 0.586. The Balaban J connectivity index is 2.30. The third kappa shape index (κ3) is 10.7. The molecule has 0 saturated carbocycles. The largest absolute Gasteiger partial charge is 0.481 e. The van der Waals surface area contributed by atoms with E-state index in [4.69, 9.17) is 14.2 Å². The van der Waals surface area contributed by atoms with Crippen LogP contribution in [0.5, 0.6) is 0 Å². The first-order valence-corrected chi connectivity index (χ1v) is 13.3. The lowest BCUT2D eigenvalue weighted by Gasteiger charge is -2.44. The number of hydrogen-bond donors (Lipinski definition) is 6. The maximum absolute atomic E-state index is 12.3. The molecule has 224 valence electrons. The Labute approximate surface area is 234 Å². The number of methoxy groups -OCH3 is 1. The van der Waals surface area contributed by atoms with Crippen molar-refractivity contribution >= 4 is 11.9 Å². The zero-order valence-electron chi connectivity index (χ0n) is 23.0. The molecule has 6 N–H and O–H groups in total. The van der Waals surface area contributed by atoms with E-state index in [0.717, 1.165) is 6.08 Å². The van der Waals surface area contributed by atoms with Crippen LogP contribution in [-0.2, 0) is 23.8 Å². The lowest BCUT2D eigenvalue weighted by Crippen LogP contribution is -2.56. The van der Waals surface area contributed by atoms with Crippen LogP contribution in [0.4, 0.5) is 0 Å².